The zero-order valence-corrected chi connectivity index (χ0v) is 9.30. The van der Waals surface area contributed by atoms with Crippen LogP contribution in [0.3, 0.4) is 0 Å². The molecule has 1 fully saturated rings. The van der Waals surface area contributed by atoms with Crippen LogP contribution in [-0.2, 0) is 4.79 Å². The maximum Gasteiger partial charge on any atom is 0.327 e. The van der Waals surface area contributed by atoms with Crippen LogP contribution in [0.1, 0.15) is 0 Å². The third-order valence-electron chi connectivity index (χ3n) is 2.94. The van der Waals surface area contributed by atoms with Gasteiger partial charge in [0.25, 0.3) is 1.43 Å². The number of benzene rings is 1. The van der Waals surface area contributed by atoms with Crippen LogP contribution >= 0.6 is 0 Å². The Kier molecular flexibility index (Phi) is 2.74. The summed E-state index contributed by atoms with van der Waals surface area (Å²) < 4.78 is 6.77. The fourth-order valence-electron chi connectivity index (χ4n) is 2.05. The molecule has 0 amide bonds. The second-order valence-electron chi connectivity index (χ2n) is 4.13. The SMILES string of the molecule is [3H]OC(=O)C1CN(C)CCN1c1ccccc1. The van der Waals surface area contributed by atoms with E-state index in [9.17, 15) is 4.79 Å². The maximum atomic E-state index is 11.6. The van der Waals surface area contributed by atoms with Gasteiger partial charge in [-0.25, -0.2) is 4.79 Å². The summed E-state index contributed by atoms with van der Waals surface area (Å²) in [6, 6.07) is 9.37. The van der Waals surface area contributed by atoms with Crippen molar-refractivity contribution in [2.75, 3.05) is 31.6 Å². The van der Waals surface area contributed by atoms with Gasteiger partial charge >= 0.3 is 5.97 Å². The number of para-hydroxylation sites is 1. The van der Waals surface area contributed by atoms with Crippen LogP contribution in [0.2, 0.25) is 0 Å². The van der Waals surface area contributed by atoms with E-state index in [2.05, 4.69) is 10.0 Å². The van der Waals surface area contributed by atoms with Crippen molar-refractivity contribution in [3.05, 3.63) is 30.3 Å². The first-order valence-electron chi connectivity index (χ1n) is 5.80. The largest absolute Gasteiger partial charge is 0.480 e. The van der Waals surface area contributed by atoms with Crippen molar-refractivity contribution in [2.45, 2.75) is 6.04 Å². The molecule has 1 unspecified atom stereocenters. The highest BCUT2D eigenvalue weighted by Gasteiger charge is 2.30. The number of piperazine rings is 1. The van der Waals surface area contributed by atoms with Gasteiger partial charge < -0.3 is 14.9 Å². The molecule has 1 saturated heterocycles. The van der Waals surface area contributed by atoms with Gasteiger partial charge in [-0.15, -0.1) is 0 Å². The van der Waals surface area contributed by atoms with E-state index in [1.165, 1.54) is 0 Å². The van der Waals surface area contributed by atoms with Gasteiger partial charge in [-0.1, -0.05) is 18.2 Å². The van der Waals surface area contributed by atoms with Crippen molar-refractivity contribution in [3.63, 3.8) is 0 Å². The van der Waals surface area contributed by atoms with Crippen LogP contribution < -0.4 is 4.90 Å². The van der Waals surface area contributed by atoms with Crippen molar-refractivity contribution < 1.29 is 9.90 Å². The predicted octanol–water partition coefficient (Wildman–Crippen LogP) is 0.892. The van der Waals surface area contributed by atoms with Crippen molar-refractivity contribution in [3.8, 4) is 0 Å². The first-order chi connectivity index (χ1) is 8.22. The molecule has 4 heteroatoms. The molecule has 0 aromatic heterocycles. The summed E-state index contributed by atoms with van der Waals surface area (Å²) in [6.45, 7) is 2.25. The van der Waals surface area contributed by atoms with Crippen LogP contribution in [-0.4, -0.2) is 48.7 Å². The summed E-state index contributed by atoms with van der Waals surface area (Å²) in [6.07, 6.45) is 0. The molecular weight excluding hydrogens is 204 g/mol. The van der Waals surface area contributed by atoms with Gasteiger partial charge in [-0.2, -0.15) is 0 Å². The van der Waals surface area contributed by atoms with Crippen LogP contribution in [0.4, 0.5) is 5.69 Å². The topological polar surface area (TPSA) is 43.8 Å². The van der Waals surface area contributed by atoms with Crippen molar-refractivity contribution in [1.29, 1.82) is 1.43 Å². The Bertz CT molecular complexity index is 385. The Labute approximate surface area is 96.6 Å². The molecule has 1 aromatic carbocycles. The summed E-state index contributed by atoms with van der Waals surface area (Å²) >= 11 is 0. The van der Waals surface area contributed by atoms with Crippen molar-refractivity contribution >= 4 is 11.7 Å². The first-order valence-corrected chi connectivity index (χ1v) is 5.39. The predicted molar refractivity (Wildman–Crippen MR) is 62.7 cm³/mol. The standard InChI is InChI=1S/C12H16N2O2/c1-13-7-8-14(11(9-13)12(15)16)10-5-3-2-4-6-10/h2-6,11H,7-9H2,1H3,(H,15,16)/i/hT. The number of carbonyl (C=O) groups is 1. The average molecular weight is 222 g/mol. The summed E-state index contributed by atoms with van der Waals surface area (Å²) in [5.41, 5.74) is 0.996. The average Bonchev–Trinajstić information content (AvgIpc) is 2.38. The van der Waals surface area contributed by atoms with Gasteiger partial charge in [-0.05, 0) is 19.2 Å². The Balaban J connectivity index is 2.22. The number of rotatable bonds is 2. The quantitative estimate of drug-likeness (QED) is 0.807. The summed E-state index contributed by atoms with van der Waals surface area (Å²) in [5.74, 6) is -0.500. The molecule has 1 heterocycles. The minimum atomic E-state index is -0.500. The molecule has 4 nitrogen and oxygen atoms in total. The molecule has 0 bridgehead atoms. The number of carboxylic acids is 1. The van der Waals surface area contributed by atoms with Crippen LogP contribution in [0.5, 0.6) is 0 Å². The number of nitrogens with zero attached hydrogens (tertiary/aromatic N) is 2. The monoisotopic (exact) mass is 222 g/mol. The van der Waals surface area contributed by atoms with E-state index in [1.807, 2.05) is 42.3 Å². The maximum absolute atomic E-state index is 11.6. The lowest BCUT2D eigenvalue weighted by Crippen LogP contribution is -2.55. The molecule has 0 radical (unpaired) electrons. The number of aliphatic carboxylic acids is 1. The van der Waals surface area contributed by atoms with E-state index in [4.69, 9.17) is 1.43 Å². The molecule has 0 aliphatic carbocycles. The summed E-state index contributed by atoms with van der Waals surface area (Å²) in [4.78, 5) is 15.7. The van der Waals surface area contributed by atoms with E-state index >= 15 is 0 Å². The van der Waals surface area contributed by atoms with E-state index in [0.717, 1.165) is 18.8 Å². The van der Waals surface area contributed by atoms with E-state index in [0.29, 0.717) is 6.54 Å². The number of likely N-dealkylation sites (N-methyl/N-ethyl adjacent to an activating group) is 1. The van der Waals surface area contributed by atoms with Gasteiger partial charge in [0.2, 0.25) is 0 Å². The zero-order chi connectivity index (χ0) is 12.3. The molecule has 1 N–H and O–H groups in total. The third-order valence-corrected chi connectivity index (χ3v) is 2.94. The Morgan fingerprint density at radius 1 is 1.44 bits per heavy atom. The molecule has 1 aliphatic heterocycles. The fraction of sp³-hybridized carbons (Fsp3) is 0.417. The zero-order valence-electron chi connectivity index (χ0n) is 10.3. The molecule has 86 valence electrons. The van der Waals surface area contributed by atoms with Gasteiger partial charge in [0.1, 0.15) is 6.04 Å². The summed E-state index contributed by atoms with van der Waals surface area (Å²) in [5, 5.41) is 4.13. The van der Waals surface area contributed by atoms with Crippen molar-refractivity contribution in [2.24, 2.45) is 0 Å². The lowest BCUT2D eigenvalue weighted by molar-refractivity contribution is -0.139. The van der Waals surface area contributed by atoms with Gasteiger partial charge in [-0.3, -0.25) is 0 Å². The highest BCUT2D eigenvalue weighted by molar-refractivity contribution is 5.78. The molecule has 16 heavy (non-hydrogen) atoms. The number of anilines is 1. The van der Waals surface area contributed by atoms with Crippen LogP contribution in [0, 0.1) is 0 Å². The van der Waals surface area contributed by atoms with E-state index < -0.39 is 12.0 Å². The smallest absolute Gasteiger partial charge is 0.327 e. The molecule has 0 saturated carbocycles. The fourth-order valence-corrected chi connectivity index (χ4v) is 2.05. The van der Waals surface area contributed by atoms with Gasteiger partial charge in [0.15, 0.2) is 0 Å². The molecule has 2 rings (SSSR count). The van der Waals surface area contributed by atoms with Crippen molar-refractivity contribution in [1.82, 2.24) is 4.90 Å². The molecular formula is C12H16N2O2. The van der Waals surface area contributed by atoms with Crippen LogP contribution in [0.15, 0.2) is 30.3 Å². The Morgan fingerprint density at radius 2 is 2.19 bits per heavy atom. The number of carboxylic acid groups (broad SMARTS) is 1. The molecule has 1 atom stereocenters. The molecule has 0 spiro atoms. The number of hydrogen-bond acceptors (Lipinski definition) is 4. The van der Waals surface area contributed by atoms with Crippen LogP contribution in [0.25, 0.3) is 1.43 Å². The van der Waals surface area contributed by atoms with E-state index in [-0.39, 0.29) is 0 Å². The highest BCUT2D eigenvalue weighted by atomic mass is 16.4. The molecule has 1 aliphatic rings. The normalized spacial score (nSPS) is 22.7. The third kappa shape index (κ3) is 2.17. The Morgan fingerprint density at radius 3 is 2.88 bits per heavy atom. The lowest BCUT2D eigenvalue weighted by Gasteiger charge is -2.39. The minimum Gasteiger partial charge on any atom is -0.480 e. The minimum absolute atomic E-state index is 0.395. The second kappa shape index (κ2) is 4.53. The van der Waals surface area contributed by atoms with Gasteiger partial charge in [0, 0.05) is 25.3 Å². The lowest BCUT2D eigenvalue weighted by atomic mass is 10.1. The highest BCUT2D eigenvalue weighted by Crippen LogP contribution is 2.19. The molecule has 1 aromatic rings. The summed E-state index contributed by atoms with van der Waals surface area (Å²) in [7, 11) is 1.96. The number of hydrogen-bond donors (Lipinski definition) is 1. The van der Waals surface area contributed by atoms with Gasteiger partial charge in [0.05, 0.1) is 0 Å². The second-order valence-corrected chi connectivity index (χ2v) is 4.13. The van der Waals surface area contributed by atoms with E-state index in [1.54, 1.807) is 0 Å². The first kappa shape index (κ1) is 9.66. The Hall–Kier alpha value is -1.55.